The predicted octanol–water partition coefficient (Wildman–Crippen LogP) is 5.12. The number of halogens is 1. The average Bonchev–Trinajstić information content (AvgIpc) is 2.92. The van der Waals surface area contributed by atoms with Gasteiger partial charge in [-0.2, -0.15) is 0 Å². The van der Waals surface area contributed by atoms with E-state index in [1.54, 1.807) is 0 Å². The van der Waals surface area contributed by atoms with E-state index in [0.29, 0.717) is 0 Å². The molecule has 1 N–H and O–H groups in total. The number of nitrogens with one attached hydrogen (secondary N) is 1. The monoisotopic (exact) mass is 297 g/mol. The molecule has 0 heterocycles. The normalized spacial score (nSPS) is 16.1. The lowest BCUT2D eigenvalue weighted by Crippen LogP contribution is -2.13. The van der Waals surface area contributed by atoms with Crippen LogP contribution < -0.4 is 5.32 Å². The minimum Gasteiger partial charge on any atom is -0.313 e. The van der Waals surface area contributed by atoms with Crippen molar-refractivity contribution in [1.29, 1.82) is 0 Å². The maximum absolute atomic E-state index is 6.35. The van der Waals surface area contributed by atoms with Gasteiger partial charge < -0.3 is 5.32 Å². The van der Waals surface area contributed by atoms with Crippen LogP contribution in [-0.4, -0.2) is 12.3 Å². The molecule has 2 rings (SSSR count). The molecule has 0 spiro atoms. The van der Waals surface area contributed by atoms with Crippen molar-refractivity contribution in [2.45, 2.75) is 50.5 Å². The van der Waals surface area contributed by atoms with E-state index < -0.39 is 0 Å². The Hall–Kier alpha value is -0.180. The van der Waals surface area contributed by atoms with Crippen LogP contribution >= 0.6 is 23.4 Å². The van der Waals surface area contributed by atoms with Crippen molar-refractivity contribution < 1.29 is 0 Å². The van der Waals surface area contributed by atoms with Crippen LogP contribution in [0.4, 0.5) is 0 Å². The SMILES string of the molecule is CCCNCc1ccc(SCC2CCCC2)cc1Cl. The first-order chi connectivity index (χ1) is 9.29. The van der Waals surface area contributed by atoms with E-state index in [4.69, 9.17) is 11.6 Å². The van der Waals surface area contributed by atoms with Gasteiger partial charge in [0.05, 0.1) is 0 Å². The molecule has 0 bridgehead atoms. The molecule has 1 aliphatic rings. The maximum atomic E-state index is 6.35. The van der Waals surface area contributed by atoms with Crippen molar-refractivity contribution in [1.82, 2.24) is 5.32 Å². The number of benzene rings is 1. The molecule has 1 aromatic carbocycles. The Kier molecular flexibility index (Phi) is 6.55. The van der Waals surface area contributed by atoms with Gasteiger partial charge in [0.15, 0.2) is 0 Å². The highest BCUT2D eigenvalue weighted by molar-refractivity contribution is 7.99. The Balaban J connectivity index is 1.83. The van der Waals surface area contributed by atoms with Gasteiger partial charge in [0, 0.05) is 22.2 Å². The molecule has 0 unspecified atom stereocenters. The molecule has 3 heteroatoms. The summed E-state index contributed by atoms with van der Waals surface area (Å²) in [5.74, 6) is 2.18. The summed E-state index contributed by atoms with van der Waals surface area (Å²) in [6, 6.07) is 6.51. The average molecular weight is 298 g/mol. The minimum absolute atomic E-state index is 0.875. The molecule has 19 heavy (non-hydrogen) atoms. The lowest BCUT2D eigenvalue weighted by molar-refractivity contribution is 0.623. The number of hydrogen-bond donors (Lipinski definition) is 1. The fourth-order valence-electron chi connectivity index (χ4n) is 2.55. The van der Waals surface area contributed by atoms with Gasteiger partial charge in [-0.15, -0.1) is 11.8 Å². The standard InChI is InChI=1S/C16H24ClNS/c1-2-9-18-11-14-7-8-15(10-16(14)17)19-12-13-5-3-4-6-13/h7-8,10,13,18H,2-6,9,11-12H2,1H3. The van der Waals surface area contributed by atoms with Crippen LogP contribution in [0.3, 0.4) is 0 Å². The van der Waals surface area contributed by atoms with Crippen LogP contribution in [-0.2, 0) is 6.54 Å². The Morgan fingerprint density at radius 2 is 2.11 bits per heavy atom. The molecule has 1 aromatic rings. The molecular formula is C16H24ClNS. The Morgan fingerprint density at radius 3 is 2.79 bits per heavy atom. The first-order valence-electron chi connectivity index (χ1n) is 7.41. The molecule has 0 aromatic heterocycles. The third-order valence-electron chi connectivity index (χ3n) is 3.73. The molecule has 1 nitrogen and oxygen atoms in total. The largest absolute Gasteiger partial charge is 0.313 e. The lowest BCUT2D eigenvalue weighted by atomic mass is 10.1. The van der Waals surface area contributed by atoms with Crippen molar-refractivity contribution in [3.8, 4) is 0 Å². The molecule has 0 amide bonds. The zero-order valence-corrected chi connectivity index (χ0v) is 13.3. The van der Waals surface area contributed by atoms with Gasteiger partial charge >= 0.3 is 0 Å². The van der Waals surface area contributed by atoms with Crippen LogP contribution in [0.15, 0.2) is 23.1 Å². The Morgan fingerprint density at radius 1 is 1.32 bits per heavy atom. The van der Waals surface area contributed by atoms with Crippen molar-refractivity contribution in [2.24, 2.45) is 5.92 Å². The van der Waals surface area contributed by atoms with Crippen LogP contribution in [0.2, 0.25) is 5.02 Å². The highest BCUT2D eigenvalue weighted by Crippen LogP contribution is 2.32. The lowest BCUT2D eigenvalue weighted by Gasteiger charge is -2.10. The summed E-state index contributed by atoms with van der Waals surface area (Å²) in [7, 11) is 0. The highest BCUT2D eigenvalue weighted by Gasteiger charge is 2.15. The zero-order valence-electron chi connectivity index (χ0n) is 11.8. The summed E-state index contributed by atoms with van der Waals surface area (Å²) < 4.78 is 0. The Labute approximate surface area is 126 Å². The van der Waals surface area contributed by atoms with E-state index in [-0.39, 0.29) is 0 Å². The molecule has 0 atom stereocenters. The third kappa shape index (κ3) is 5.02. The van der Waals surface area contributed by atoms with E-state index in [9.17, 15) is 0 Å². The van der Waals surface area contributed by atoms with E-state index >= 15 is 0 Å². The number of thioether (sulfide) groups is 1. The summed E-state index contributed by atoms with van der Waals surface area (Å²) in [6.07, 6.45) is 6.84. The molecule has 106 valence electrons. The molecule has 1 fully saturated rings. The van der Waals surface area contributed by atoms with Crippen molar-refractivity contribution >= 4 is 23.4 Å². The van der Waals surface area contributed by atoms with Gasteiger partial charge in [-0.1, -0.05) is 37.4 Å². The van der Waals surface area contributed by atoms with E-state index in [2.05, 4.69) is 30.4 Å². The fourth-order valence-corrected chi connectivity index (χ4v) is 3.99. The number of hydrogen-bond acceptors (Lipinski definition) is 2. The summed E-state index contributed by atoms with van der Waals surface area (Å²) in [5.41, 5.74) is 1.21. The third-order valence-corrected chi connectivity index (χ3v) is 5.30. The quantitative estimate of drug-likeness (QED) is 0.553. The molecule has 0 aliphatic heterocycles. The fraction of sp³-hybridized carbons (Fsp3) is 0.625. The van der Waals surface area contributed by atoms with Gasteiger partial charge in [-0.05, 0) is 49.4 Å². The highest BCUT2D eigenvalue weighted by atomic mass is 35.5. The minimum atomic E-state index is 0.875. The topological polar surface area (TPSA) is 12.0 Å². The summed E-state index contributed by atoms with van der Waals surface area (Å²) in [5, 5.41) is 4.30. The molecule has 0 radical (unpaired) electrons. The molecule has 1 saturated carbocycles. The van der Waals surface area contributed by atoms with Crippen LogP contribution in [0.5, 0.6) is 0 Å². The van der Waals surface area contributed by atoms with Crippen molar-refractivity contribution in [2.75, 3.05) is 12.3 Å². The summed E-state index contributed by atoms with van der Waals surface area (Å²) >= 11 is 8.31. The smallest absolute Gasteiger partial charge is 0.0462 e. The van der Waals surface area contributed by atoms with Gasteiger partial charge in [0.2, 0.25) is 0 Å². The first-order valence-corrected chi connectivity index (χ1v) is 8.78. The first kappa shape index (κ1) is 15.2. The second kappa shape index (κ2) is 8.18. The summed E-state index contributed by atoms with van der Waals surface area (Å²) in [4.78, 5) is 1.32. The Bertz CT molecular complexity index is 388. The second-order valence-electron chi connectivity index (χ2n) is 5.39. The van der Waals surface area contributed by atoms with Gasteiger partial charge in [0.25, 0.3) is 0 Å². The van der Waals surface area contributed by atoms with Crippen LogP contribution in [0.25, 0.3) is 0 Å². The van der Waals surface area contributed by atoms with Gasteiger partial charge in [-0.3, -0.25) is 0 Å². The van der Waals surface area contributed by atoms with E-state index in [1.807, 2.05) is 11.8 Å². The second-order valence-corrected chi connectivity index (χ2v) is 6.89. The van der Waals surface area contributed by atoms with Crippen LogP contribution in [0, 0.1) is 5.92 Å². The maximum Gasteiger partial charge on any atom is 0.0462 e. The van der Waals surface area contributed by atoms with Crippen molar-refractivity contribution in [3.63, 3.8) is 0 Å². The van der Waals surface area contributed by atoms with Gasteiger partial charge in [0.1, 0.15) is 0 Å². The van der Waals surface area contributed by atoms with Crippen molar-refractivity contribution in [3.05, 3.63) is 28.8 Å². The molecular weight excluding hydrogens is 274 g/mol. The van der Waals surface area contributed by atoms with E-state index in [0.717, 1.165) is 30.5 Å². The van der Waals surface area contributed by atoms with Gasteiger partial charge in [-0.25, -0.2) is 0 Å². The summed E-state index contributed by atoms with van der Waals surface area (Å²) in [6.45, 7) is 4.10. The number of rotatable bonds is 7. The van der Waals surface area contributed by atoms with E-state index in [1.165, 1.54) is 41.9 Å². The molecule has 1 aliphatic carbocycles. The molecule has 0 saturated heterocycles. The predicted molar refractivity (Wildman–Crippen MR) is 86.1 cm³/mol. The zero-order chi connectivity index (χ0) is 13.5. The van der Waals surface area contributed by atoms with Crippen LogP contribution in [0.1, 0.15) is 44.6 Å².